The number of hydrogen-bond acceptors (Lipinski definition) is 3. The third-order valence-electron chi connectivity index (χ3n) is 3.14. The first-order valence-corrected chi connectivity index (χ1v) is 6.66. The summed E-state index contributed by atoms with van der Waals surface area (Å²) in [7, 11) is 0. The summed E-state index contributed by atoms with van der Waals surface area (Å²) >= 11 is 5.85. The Morgan fingerprint density at radius 3 is 2.60 bits per heavy atom. The number of carbonyl (C=O) groups is 2. The molecule has 0 aromatic heterocycles. The Hall–Kier alpha value is -1.94. The van der Waals surface area contributed by atoms with Crippen LogP contribution >= 0.6 is 11.6 Å². The maximum atomic E-state index is 12.0. The monoisotopic (exact) mass is 291 g/mol. The lowest BCUT2D eigenvalue weighted by Gasteiger charge is -2.18. The van der Waals surface area contributed by atoms with Gasteiger partial charge in [-0.3, -0.25) is 14.6 Å². The van der Waals surface area contributed by atoms with E-state index in [-0.39, 0.29) is 24.5 Å². The molecular weight excluding hydrogens is 278 g/mol. The molecule has 0 aliphatic carbocycles. The number of carbonyl (C=O) groups excluding carboxylic acids is 1. The largest absolute Gasteiger partial charge is 0.481 e. The Bertz CT molecular complexity index is 602. The summed E-state index contributed by atoms with van der Waals surface area (Å²) in [5.74, 6) is -1.28. The minimum absolute atomic E-state index is 0.0368. The van der Waals surface area contributed by atoms with E-state index in [2.05, 4.69) is 4.99 Å². The number of hydrogen-bond donors (Lipinski definition) is 1. The van der Waals surface area contributed by atoms with Gasteiger partial charge >= 0.3 is 5.97 Å². The lowest BCUT2D eigenvalue weighted by Crippen LogP contribution is -2.24. The van der Waals surface area contributed by atoms with E-state index >= 15 is 0 Å². The quantitative estimate of drug-likeness (QED) is 0.927. The van der Waals surface area contributed by atoms with Crippen molar-refractivity contribution in [1.29, 1.82) is 0 Å². The van der Waals surface area contributed by atoms with Crippen LogP contribution in [0.3, 0.4) is 0 Å². The van der Waals surface area contributed by atoms with Crippen LogP contribution in [0.2, 0.25) is 5.02 Å². The molecule has 1 atom stereocenters. The van der Waals surface area contributed by atoms with Crippen molar-refractivity contribution in [2.45, 2.75) is 19.8 Å². The second-order valence-corrected chi connectivity index (χ2v) is 5.09. The van der Waals surface area contributed by atoms with Gasteiger partial charge < -0.3 is 5.11 Å². The number of halogens is 1. The van der Waals surface area contributed by atoms with E-state index in [4.69, 9.17) is 16.7 Å². The molecule has 1 aromatic carbocycles. The Labute approximate surface area is 121 Å². The molecule has 1 unspecified atom stereocenters. The minimum atomic E-state index is -0.903. The van der Waals surface area contributed by atoms with Gasteiger partial charge in [-0.2, -0.15) is 0 Å². The fraction of sp³-hybridized carbons (Fsp3) is 0.267. The Balaban J connectivity index is 2.29. The zero-order valence-electron chi connectivity index (χ0n) is 11.0. The van der Waals surface area contributed by atoms with Crippen molar-refractivity contribution in [3.63, 3.8) is 0 Å². The van der Waals surface area contributed by atoms with Gasteiger partial charge in [-0.05, 0) is 24.6 Å². The molecule has 4 nitrogen and oxygen atoms in total. The standard InChI is InChI=1S/C15H14ClNO3/c1-9-13(18)8-12(6-7-14(19)20)17-15(9)10-2-4-11(16)5-3-10/h2-5,8-9H,6-7H2,1H3,(H,19,20). The maximum absolute atomic E-state index is 12.0. The molecule has 0 saturated carbocycles. The molecule has 1 aliphatic heterocycles. The third kappa shape index (κ3) is 3.33. The normalized spacial score (nSPS) is 18.5. The van der Waals surface area contributed by atoms with Crippen LogP contribution in [0.4, 0.5) is 0 Å². The van der Waals surface area contributed by atoms with Crippen LogP contribution in [0.25, 0.3) is 0 Å². The second-order valence-electron chi connectivity index (χ2n) is 4.66. The number of nitrogens with zero attached hydrogens (tertiary/aromatic N) is 1. The van der Waals surface area contributed by atoms with Crippen LogP contribution in [0.1, 0.15) is 25.3 Å². The predicted octanol–water partition coefficient (Wildman–Crippen LogP) is 3.10. The van der Waals surface area contributed by atoms with Crippen LogP contribution in [0.15, 0.2) is 41.0 Å². The van der Waals surface area contributed by atoms with E-state index in [1.165, 1.54) is 6.08 Å². The van der Waals surface area contributed by atoms with Crippen LogP contribution < -0.4 is 0 Å². The zero-order chi connectivity index (χ0) is 14.7. The SMILES string of the molecule is CC1C(=O)C=C(CCC(=O)O)N=C1c1ccc(Cl)cc1. The summed E-state index contributed by atoms with van der Waals surface area (Å²) in [6.07, 6.45) is 1.66. The molecule has 1 aromatic rings. The van der Waals surface area contributed by atoms with Crippen molar-refractivity contribution < 1.29 is 14.7 Å². The molecule has 0 saturated heterocycles. The number of carboxylic acid groups (broad SMARTS) is 1. The molecule has 2 rings (SSSR count). The Morgan fingerprint density at radius 2 is 2.00 bits per heavy atom. The molecule has 1 N–H and O–H groups in total. The predicted molar refractivity (Wildman–Crippen MR) is 77.1 cm³/mol. The molecule has 0 spiro atoms. The topological polar surface area (TPSA) is 66.7 Å². The lowest BCUT2D eigenvalue weighted by molar-refractivity contribution is -0.137. The van der Waals surface area contributed by atoms with E-state index in [9.17, 15) is 9.59 Å². The average Bonchev–Trinajstić information content (AvgIpc) is 2.41. The summed E-state index contributed by atoms with van der Waals surface area (Å²) in [6, 6.07) is 7.11. The Morgan fingerprint density at radius 1 is 1.35 bits per heavy atom. The second kappa shape index (κ2) is 6.01. The van der Waals surface area contributed by atoms with E-state index < -0.39 is 5.97 Å². The van der Waals surface area contributed by atoms with Gasteiger partial charge in [0.1, 0.15) is 0 Å². The Kier molecular flexibility index (Phi) is 4.35. The molecule has 0 fully saturated rings. The zero-order valence-corrected chi connectivity index (χ0v) is 11.7. The van der Waals surface area contributed by atoms with E-state index in [0.717, 1.165) is 5.56 Å². The first-order chi connectivity index (χ1) is 9.47. The molecule has 5 heteroatoms. The molecule has 0 amide bonds. The molecule has 0 bridgehead atoms. The lowest BCUT2D eigenvalue weighted by atomic mass is 9.91. The number of aliphatic carboxylic acids is 1. The van der Waals surface area contributed by atoms with E-state index in [0.29, 0.717) is 16.4 Å². The number of aliphatic imine (C=N–C) groups is 1. The van der Waals surface area contributed by atoms with Crippen molar-refractivity contribution >= 4 is 29.1 Å². The van der Waals surface area contributed by atoms with Gasteiger partial charge in [0.2, 0.25) is 0 Å². The fourth-order valence-electron chi connectivity index (χ4n) is 2.01. The van der Waals surface area contributed by atoms with Gasteiger partial charge in [0.05, 0.1) is 18.1 Å². The van der Waals surface area contributed by atoms with Crippen molar-refractivity contribution in [2.24, 2.45) is 10.9 Å². The van der Waals surface area contributed by atoms with Crippen LogP contribution in [0, 0.1) is 5.92 Å². The number of allylic oxidation sites excluding steroid dienone is 2. The number of ketones is 1. The highest BCUT2D eigenvalue weighted by atomic mass is 35.5. The summed E-state index contributed by atoms with van der Waals surface area (Å²) in [5, 5.41) is 9.32. The highest BCUT2D eigenvalue weighted by Gasteiger charge is 2.24. The number of carboxylic acids is 1. The van der Waals surface area contributed by atoms with E-state index in [1.54, 1.807) is 19.1 Å². The molecule has 20 heavy (non-hydrogen) atoms. The average molecular weight is 292 g/mol. The van der Waals surface area contributed by atoms with Crippen LogP contribution in [0.5, 0.6) is 0 Å². The highest BCUT2D eigenvalue weighted by molar-refractivity contribution is 6.30. The van der Waals surface area contributed by atoms with Gasteiger partial charge in [-0.15, -0.1) is 0 Å². The van der Waals surface area contributed by atoms with Crippen molar-refractivity contribution in [3.05, 3.63) is 46.6 Å². The van der Waals surface area contributed by atoms with Crippen LogP contribution in [-0.2, 0) is 9.59 Å². The molecule has 0 radical (unpaired) electrons. The van der Waals surface area contributed by atoms with Crippen molar-refractivity contribution in [3.8, 4) is 0 Å². The molecule has 1 aliphatic rings. The summed E-state index contributed by atoms with van der Waals surface area (Å²) in [5.41, 5.74) is 2.01. The molecular formula is C15H14ClNO3. The highest BCUT2D eigenvalue weighted by Crippen LogP contribution is 2.22. The van der Waals surface area contributed by atoms with Crippen molar-refractivity contribution in [1.82, 2.24) is 0 Å². The number of benzene rings is 1. The molecule has 1 heterocycles. The molecule has 104 valence electrons. The first kappa shape index (κ1) is 14.5. The minimum Gasteiger partial charge on any atom is -0.481 e. The summed E-state index contributed by atoms with van der Waals surface area (Å²) in [6.45, 7) is 1.79. The summed E-state index contributed by atoms with van der Waals surface area (Å²) in [4.78, 5) is 27.0. The van der Waals surface area contributed by atoms with Gasteiger partial charge in [0.25, 0.3) is 0 Å². The maximum Gasteiger partial charge on any atom is 0.303 e. The van der Waals surface area contributed by atoms with Gasteiger partial charge in [-0.1, -0.05) is 23.7 Å². The van der Waals surface area contributed by atoms with Gasteiger partial charge in [0.15, 0.2) is 5.78 Å². The van der Waals surface area contributed by atoms with Crippen LogP contribution in [-0.4, -0.2) is 22.6 Å². The first-order valence-electron chi connectivity index (χ1n) is 6.28. The number of rotatable bonds is 4. The smallest absolute Gasteiger partial charge is 0.303 e. The van der Waals surface area contributed by atoms with Gasteiger partial charge in [0, 0.05) is 23.2 Å². The van der Waals surface area contributed by atoms with E-state index in [1.807, 2.05) is 12.1 Å². The van der Waals surface area contributed by atoms with Crippen molar-refractivity contribution in [2.75, 3.05) is 0 Å². The van der Waals surface area contributed by atoms with Gasteiger partial charge in [-0.25, -0.2) is 0 Å². The third-order valence-corrected chi connectivity index (χ3v) is 3.40. The fourth-order valence-corrected chi connectivity index (χ4v) is 2.13. The summed E-state index contributed by atoms with van der Waals surface area (Å²) < 4.78 is 0.